The fourth-order valence-corrected chi connectivity index (χ4v) is 4.37. The Morgan fingerprint density at radius 1 is 0.733 bits per heavy atom. The molecule has 0 bridgehead atoms. The topological polar surface area (TPSA) is 84.0 Å². The number of nitrogens with one attached hydrogen (secondary N) is 3. The van der Waals surface area contributed by atoms with Crippen LogP contribution in [0, 0.1) is 0 Å². The van der Waals surface area contributed by atoms with Crippen molar-refractivity contribution in [2.45, 2.75) is 82.8 Å². The average molecular weight is 411 g/mol. The second-order valence-electron chi connectivity index (χ2n) is 8.47. The van der Waals surface area contributed by atoms with E-state index in [1.54, 1.807) is 7.11 Å². The highest BCUT2D eigenvalue weighted by Gasteiger charge is 2.18. The van der Waals surface area contributed by atoms with Crippen LogP contribution in [0.1, 0.15) is 69.8 Å². The van der Waals surface area contributed by atoms with Crippen LogP contribution in [0.5, 0.6) is 5.75 Å². The maximum atomic E-state index is 5.24. The Kier molecular flexibility index (Phi) is 7.21. The molecule has 0 unspecified atom stereocenters. The van der Waals surface area contributed by atoms with E-state index in [-0.39, 0.29) is 0 Å². The smallest absolute Gasteiger partial charge is 0.229 e. The van der Waals surface area contributed by atoms with Crippen LogP contribution < -0.4 is 20.7 Å². The number of anilines is 3. The third-order valence-corrected chi connectivity index (χ3v) is 6.12. The van der Waals surface area contributed by atoms with E-state index in [1.165, 1.54) is 64.2 Å². The summed E-state index contributed by atoms with van der Waals surface area (Å²) in [6.45, 7) is 0.653. The number of hydrogen-bond acceptors (Lipinski definition) is 7. The van der Waals surface area contributed by atoms with Crippen LogP contribution in [0.15, 0.2) is 24.3 Å². The van der Waals surface area contributed by atoms with Crippen molar-refractivity contribution in [2.24, 2.45) is 0 Å². The molecule has 3 N–H and O–H groups in total. The first-order valence-electron chi connectivity index (χ1n) is 11.4. The fourth-order valence-electron chi connectivity index (χ4n) is 4.37. The highest BCUT2D eigenvalue weighted by atomic mass is 16.5. The molecule has 162 valence electrons. The van der Waals surface area contributed by atoms with E-state index in [9.17, 15) is 0 Å². The number of nitrogens with zero attached hydrogens (tertiary/aromatic N) is 3. The van der Waals surface area contributed by atoms with E-state index in [1.807, 2.05) is 12.1 Å². The molecule has 7 nitrogen and oxygen atoms in total. The number of aromatic nitrogens is 3. The van der Waals surface area contributed by atoms with Crippen molar-refractivity contribution in [1.29, 1.82) is 0 Å². The van der Waals surface area contributed by atoms with E-state index in [4.69, 9.17) is 9.72 Å². The quantitative estimate of drug-likeness (QED) is 0.566. The summed E-state index contributed by atoms with van der Waals surface area (Å²) < 4.78 is 5.24. The Balaban J connectivity index is 1.46. The fraction of sp³-hybridized carbons (Fsp3) is 0.609. The summed E-state index contributed by atoms with van der Waals surface area (Å²) in [7, 11) is 1.68. The minimum atomic E-state index is 0.457. The Hall–Kier alpha value is -2.57. The molecular weight excluding hydrogens is 376 g/mol. The number of rotatable bonds is 8. The highest BCUT2D eigenvalue weighted by Crippen LogP contribution is 2.23. The van der Waals surface area contributed by atoms with Crippen LogP contribution in [-0.4, -0.2) is 34.1 Å². The Morgan fingerprint density at radius 2 is 1.23 bits per heavy atom. The van der Waals surface area contributed by atoms with Gasteiger partial charge in [-0.05, 0) is 43.4 Å². The van der Waals surface area contributed by atoms with Gasteiger partial charge in [0.2, 0.25) is 17.8 Å². The molecular formula is C23H34N6O. The first kappa shape index (κ1) is 20.7. The Morgan fingerprint density at radius 3 is 1.73 bits per heavy atom. The monoisotopic (exact) mass is 410 g/mol. The van der Waals surface area contributed by atoms with Crippen LogP contribution in [0.4, 0.5) is 17.8 Å². The van der Waals surface area contributed by atoms with E-state index in [0.717, 1.165) is 11.3 Å². The minimum Gasteiger partial charge on any atom is -0.497 e. The average Bonchev–Trinajstić information content (AvgIpc) is 2.79. The lowest BCUT2D eigenvalue weighted by Gasteiger charge is -2.25. The molecule has 0 saturated heterocycles. The van der Waals surface area contributed by atoms with Gasteiger partial charge in [0.05, 0.1) is 7.11 Å². The molecule has 7 heteroatoms. The van der Waals surface area contributed by atoms with Crippen LogP contribution in [0.2, 0.25) is 0 Å². The lowest BCUT2D eigenvalue weighted by Crippen LogP contribution is -2.26. The predicted molar refractivity (Wildman–Crippen MR) is 121 cm³/mol. The summed E-state index contributed by atoms with van der Waals surface area (Å²) in [6, 6.07) is 8.95. The van der Waals surface area contributed by atoms with E-state index >= 15 is 0 Å². The summed E-state index contributed by atoms with van der Waals surface area (Å²) in [5, 5.41) is 10.5. The molecule has 0 amide bonds. The maximum Gasteiger partial charge on any atom is 0.229 e. The van der Waals surface area contributed by atoms with Crippen LogP contribution in [0.25, 0.3) is 0 Å². The van der Waals surface area contributed by atoms with Gasteiger partial charge in [-0.2, -0.15) is 15.0 Å². The van der Waals surface area contributed by atoms with Gasteiger partial charge < -0.3 is 20.7 Å². The first-order chi connectivity index (χ1) is 14.8. The lowest BCUT2D eigenvalue weighted by atomic mass is 9.96. The van der Waals surface area contributed by atoms with Crippen molar-refractivity contribution in [2.75, 3.05) is 23.1 Å². The van der Waals surface area contributed by atoms with Crippen molar-refractivity contribution < 1.29 is 4.74 Å². The molecule has 0 radical (unpaired) electrons. The minimum absolute atomic E-state index is 0.457. The SMILES string of the molecule is COc1ccc(CNc2nc(NC3CCCCC3)nc(NC3CCCCC3)n2)cc1. The summed E-state index contributed by atoms with van der Waals surface area (Å²) in [5.74, 6) is 2.81. The van der Waals surface area contributed by atoms with E-state index in [0.29, 0.717) is 36.5 Å². The van der Waals surface area contributed by atoms with Crippen molar-refractivity contribution in [1.82, 2.24) is 15.0 Å². The number of benzene rings is 1. The second kappa shape index (κ2) is 10.5. The highest BCUT2D eigenvalue weighted by molar-refractivity contribution is 5.43. The van der Waals surface area contributed by atoms with Crippen LogP contribution >= 0.6 is 0 Å². The van der Waals surface area contributed by atoms with Gasteiger partial charge in [-0.1, -0.05) is 50.7 Å². The molecule has 4 rings (SSSR count). The Bertz CT molecular complexity index is 747. The van der Waals surface area contributed by atoms with Gasteiger partial charge in [-0.15, -0.1) is 0 Å². The van der Waals surface area contributed by atoms with Gasteiger partial charge in [0.25, 0.3) is 0 Å². The Labute approximate surface area is 179 Å². The van der Waals surface area contributed by atoms with E-state index < -0.39 is 0 Å². The van der Waals surface area contributed by atoms with Crippen LogP contribution in [0.3, 0.4) is 0 Å². The molecule has 1 heterocycles. The van der Waals surface area contributed by atoms with Gasteiger partial charge in [0.15, 0.2) is 0 Å². The number of methoxy groups -OCH3 is 1. The molecule has 1 aromatic carbocycles. The third kappa shape index (κ3) is 5.97. The van der Waals surface area contributed by atoms with E-state index in [2.05, 4.69) is 38.1 Å². The van der Waals surface area contributed by atoms with Gasteiger partial charge in [0.1, 0.15) is 5.75 Å². The predicted octanol–water partition coefficient (Wildman–Crippen LogP) is 4.98. The molecule has 1 aromatic heterocycles. The zero-order chi connectivity index (χ0) is 20.6. The largest absolute Gasteiger partial charge is 0.497 e. The summed E-state index contributed by atoms with van der Waals surface area (Å²) in [5.41, 5.74) is 1.15. The molecule has 2 fully saturated rings. The summed E-state index contributed by atoms with van der Waals surface area (Å²) in [4.78, 5) is 14.0. The summed E-state index contributed by atoms with van der Waals surface area (Å²) >= 11 is 0. The molecule has 0 atom stereocenters. The zero-order valence-electron chi connectivity index (χ0n) is 18.0. The molecule has 30 heavy (non-hydrogen) atoms. The molecule has 2 aromatic rings. The van der Waals surface area contributed by atoms with Crippen LogP contribution in [-0.2, 0) is 6.54 Å². The van der Waals surface area contributed by atoms with Crippen molar-refractivity contribution >= 4 is 17.8 Å². The second-order valence-corrected chi connectivity index (χ2v) is 8.47. The van der Waals surface area contributed by atoms with Gasteiger partial charge in [-0.25, -0.2) is 0 Å². The summed E-state index contributed by atoms with van der Waals surface area (Å²) in [6.07, 6.45) is 12.5. The number of hydrogen-bond donors (Lipinski definition) is 3. The lowest BCUT2D eigenvalue weighted by molar-refractivity contribution is 0.414. The van der Waals surface area contributed by atoms with Gasteiger partial charge in [-0.3, -0.25) is 0 Å². The van der Waals surface area contributed by atoms with Crippen molar-refractivity contribution in [3.63, 3.8) is 0 Å². The normalized spacial score (nSPS) is 18.0. The van der Waals surface area contributed by atoms with Gasteiger partial charge in [0, 0.05) is 18.6 Å². The molecule has 2 saturated carbocycles. The molecule has 2 aliphatic carbocycles. The molecule has 0 aliphatic heterocycles. The first-order valence-corrected chi connectivity index (χ1v) is 11.4. The maximum absolute atomic E-state index is 5.24. The zero-order valence-corrected chi connectivity index (χ0v) is 18.0. The standard InChI is InChI=1S/C23H34N6O/c1-30-20-14-12-17(13-15-20)16-24-21-27-22(25-18-8-4-2-5-9-18)29-23(28-21)26-19-10-6-3-7-11-19/h12-15,18-19H,2-11,16H2,1H3,(H3,24,25,26,27,28,29). The van der Waals surface area contributed by atoms with Gasteiger partial charge >= 0.3 is 0 Å². The molecule has 0 spiro atoms. The van der Waals surface area contributed by atoms with Crippen molar-refractivity contribution in [3.05, 3.63) is 29.8 Å². The third-order valence-electron chi connectivity index (χ3n) is 6.12. The van der Waals surface area contributed by atoms with Crippen molar-refractivity contribution in [3.8, 4) is 5.75 Å². The molecule has 2 aliphatic rings. The number of ether oxygens (including phenoxy) is 1.